The van der Waals surface area contributed by atoms with Gasteiger partial charge in [0.1, 0.15) is 5.52 Å². The summed E-state index contributed by atoms with van der Waals surface area (Å²) in [6, 6.07) is 63.0. The SMILES string of the molecule is CC1(C)c2ccccc2-c2cc3c(-c4ccc5ccccc5c4)c4ccc(-n5c6ccccc6c6nnccc65)cc4c(-c4ccc5ccccc5c4)c3cc21. The van der Waals surface area contributed by atoms with Gasteiger partial charge in [-0.1, -0.05) is 135 Å². The Labute approximate surface area is 324 Å². The summed E-state index contributed by atoms with van der Waals surface area (Å²) in [4.78, 5) is 0. The van der Waals surface area contributed by atoms with Crippen LogP contribution in [-0.2, 0) is 5.41 Å². The third-order valence-electron chi connectivity index (χ3n) is 12.5. The lowest BCUT2D eigenvalue weighted by Gasteiger charge is -2.24. The van der Waals surface area contributed by atoms with Crippen LogP contribution in [0.5, 0.6) is 0 Å². The van der Waals surface area contributed by atoms with Crippen molar-refractivity contribution in [3.8, 4) is 39.1 Å². The van der Waals surface area contributed by atoms with Gasteiger partial charge in [0.05, 0.1) is 17.2 Å². The highest BCUT2D eigenvalue weighted by Crippen LogP contribution is 2.53. The fourth-order valence-corrected chi connectivity index (χ4v) is 9.83. The Hall–Kier alpha value is -7.10. The van der Waals surface area contributed by atoms with Gasteiger partial charge in [-0.3, -0.25) is 0 Å². The quantitative estimate of drug-likeness (QED) is 0.171. The number of nitrogens with zero attached hydrogens (tertiary/aromatic N) is 3. The van der Waals surface area contributed by atoms with E-state index in [1.807, 2.05) is 0 Å². The molecule has 3 heteroatoms. The van der Waals surface area contributed by atoms with Gasteiger partial charge in [-0.2, -0.15) is 5.10 Å². The predicted molar refractivity (Wildman–Crippen MR) is 235 cm³/mol. The van der Waals surface area contributed by atoms with Crippen LogP contribution in [0.25, 0.3) is 104 Å². The van der Waals surface area contributed by atoms with E-state index >= 15 is 0 Å². The molecule has 0 bridgehead atoms. The Bertz CT molecular complexity index is 3410. The van der Waals surface area contributed by atoms with Crippen LogP contribution in [0.4, 0.5) is 0 Å². The van der Waals surface area contributed by atoms with E-state index in [1.165, 1.54) is 87.6 Å². The van der Waals surface area contributed by atoms with Crippen LogP contribution in [0.1, 0.15) is 25.0 Å². The minimum Gasteiger partial charge on any atom is -0.307 e. The van der Waals surface area contributed by atoms with Gasteiger partial charge in [-0.25, -0.2) is 0 Å². The lowest BCUT2D eigenvalue weighted by Crippen LogP contribution is -2.14. The van der Waals surface area contributed by atoms with E-state index in [4.69, 9.17) is 0 Å². The average molecular weight is 714 g/mol. The van der Waals surface area contributed by atoms with Gasteiger partial charge in [0, 0.05) is 16.5 Å². The molecule has 0 fully saturated rings. The lowest BCUT2D eigenvalue weighted by atomic mass is 9.79. The minimum absolute atomic E-state index is 0.148. The summed E-state index contributed by atoms with van der Waals surface area (Å²) in [6.07, 6.45) is 1.80. The maximum Gasteiger partial charge on any atom is 0.119 e. The number of hydrogen-bond donors (Lipinski definition) is 0. The van der Waals surface area contributed by atoms with Crippen molar-refractivity contribution in [3.05, 3.63) is 187 Å². The van der Waals surface area contributed by atoms with E-state index in [9.17, 15) is 0 Å². The molecule has 1 aliphatic rings. The van der Waals surface area contributed by atoms with Crippen LogP contribution in [0.3, 0.4) is 0 Å². The minimum atomic E-state index is -0.148. The first-order valence-corrected chi connectivity index (χ1v) is 19.4. The molecule has 0 aliphatic heterocycles. The number of para-hydroxylation sites is 1. The van der Waals surface area contributed by atoms with Crippen molar-refractivity contribution >= 4 is 65.0 Å². The molecule has 0 atom stereocenters. The molecule has 2 aromatic heterocycles. The van der Waals surface area contributed by atoms with Gasteiger partial charge < -0.3 is 4.57 Å². The van der Waals surface area contributed by atoms with Crippen LogP contribution in [0.2, 0.25) is 0 Å². The van der Waals surface area contributed by atoms with Gasteiger partial charge >= 0.3 is 0 Å². The molecular formula is C53H35N3. The molecular weight excluding hydrogens is 679 g/mol. The van der Waals surface area contributed by atoms with E-state index in [0.29, 0.717) is 0 Å². The molecule has 2 heterocycles. The first kappa shape index (κ1) is 31.3. The highest BCUT2D eigenvalue weighted by Gasteiger charge is 2.36. The molecule has 0 amide bonds. The number of aromatic nitrogens is 3. The molecule has 56 heavy (non-hydrogen) atoms. The lowest BCUT2D eigenvalue weighted by molar-refractivity contribution is 0.661. The van der Waals surface area contributed by atoms with Crippen molar-refractivity contribution < 1.29 is 0 Å². The van der Waals surface area contributed by atoms with Crippen molar-refractivity contribution in [2.24, 2.45) is 0 Å². The summed E-state index contributed by atoms with van der Waals surface area (Å²) in [5.41, 5.74) is 14.4. The molecule has 262 valence electrons. The summed E-state index contributed by atoms with van der Waals surface area (Å²) in [5.74, 6) is 0. The number of fused-ring (bicyclic) bond motifs is 10. The number of hydrogen-bond acceptors (Lipinski definition) is 2. The highest BCUT2D eigenvalue weighted by molar-refractivity contribution is 6.23. The molecule has 0 spiro atoms. The molecule has 0 saturated carbocycles. The maximum atomic E-state index is 4.62. The predicted octanol–water partition coefficient (Wildman–Crippen LogP) is 13.8. The topological polar surface area (TPSA) is 30.7 Å². The zero-order valence-corrected chi connectivity index (χ0v) is 31.1. The van der Waals surface area contributed by atoms with E-state index in [2.05, 4.69) is 198 Å². The zero-order chi connectivity index (χ0) is 37.1. The highest BCUT2D eigenvalue weighted by atomic mass is 15.1. The molecule has 0 N–H and O–H groups in total. The van der Waals surface area contributed by atoms with Crippen LogP contribution in [-0.4, -0.2) is 14.8 Å². The summed E-state index contributed by atoms with van der Waals surface area (Å²) in [7, 11) is 0. The third kappa shape index (κ3) is 4.34. The van der Waals surface area contributed by atoms with E-state index in [-0.39, 0.29) is 5.41 Å². The second-order valence-corrected chi connectivity index (χ2v) is 15.8. The van der Waals surface area contributed by atoms with Crippen LogP contribution in [0, 0.1) is 0 Å². The molecule has 9 aromatic carbocycles. The summed E-state index contributed by atoms with van der Waals surface area (Å²) in [5, 5.41) is 19.9. The number of rotatable bonds is 3. The van der Waals surface area contributed by atoms with Gasteiger partial charge in [0.15, 0.2) is 0 Å². The van der Waals surface area contributed by atoms with Crippen LogP contribution in [0.15, 0.2) is 176 Å². The molecule has 11 aromatic rings. The van der Waals surface area contributed by atoms with Crippen molar-refractivity contribution in [1.82, 2.24) is 14.8 Å². The van der Waals surface area contributed by atoms with Gasteiger partial charge in [0.25, 0.3) is 0 Å². The van der Waals surface area contributed by atoms with Crippen molar-refractivity contribution in [2.75, 3.05) is 0 Å². The standard InChI is InChI=1S/C53H35N3/c1-53(2)46-17-9-7-15-39(46)42-30-44-45(31-47(42)53)51(37-22-20-33-12-4-6-14-35(33)28-37)43-29-38(56-48-18-10-8-16-41(48)52-49(56)25-26-54-55-52)23-24-40(43)50(44)36-21-19-32-11-3-5-13-34(32)27-36/h3-31H,1-2H3. The first-order valence-electron chi connectivity index (χ1n) is 19.4. The van der Waals surface area contributed by atoms with E-state index < -0.39 is 0 Å². The second kappa shape index (κ2) is 11.5. The van der Waals surface area contributed by atoms with Gasteiger partial charge in [-0.15, -0.1) is 5.10 Å². The van der Waals surface area contributed by atoms with Crippen LogP contribution >= 0.6 is 0 Å². The van der Waals surface area contributed by atoms with Crippen molar-refractivity contribution in [3.63, 3.8) is 0 Å². The van der Waals surface area contributed by atoms with E-state index in [0.717, 1.165) is 27.6 Å². The Balaban J connectivity index is 1.27. The Kier molecular flexibility index (Phi) is 6.40. The smallest absolute Gasteiger partial charge is 0.119 e. The molecule has 1 aliphatic carbocycles. The maximum absolute atomic E-state index is 4.62. The molecule has 0 radical (unpaired) electrons. The molecule has 12 rings (SSSR count). The van der Waals surface area contributed by atoms with Crippen molar-refractivity contribution in [1.29, 1.82) is 0 Å². The first-order chi connectivity index (χ1) is 27.5. The normalized spacial score (nSPS) is 13.3. The summed E-state index contributed by atoms with van der Waals surface area (Å²) in [6.45, 7) is 4.77. The molecule has 3 nitrogen and oxygen atoms in total. The van der Waals surface area contributed by atoms with E-state index in [1.54, 1.807) is 6.20 Å². The summed E-state index contributed by atoms with van der Waals surface area (Å²) < 4.78 is 2.35. The summed E-state index contributed by atoms with van der Waals surface area (Å²) >= 11 is 0. The second-order valence-electron chi connectivity index (χ2n) is 15.8. The number of benzene rings is 9. The zero-order valence-electron chi connectivity index (χ0n) is 31.1. The van der Waals surface area contributed by atoms with Gasteiger partial charge in [-0.05, 0) is 136 Å². The fourth-order valence-electron chi connectivity index (χ4n) is 9.83. The Morgan fingerprint density at radius 2 is 1.05 bits per heavy atom. The molecule has 0 saturated heterocycles. The Morgan fingerprint density at radius 3 is 1.82 bits per heavy atom. The van der Waals surface area contributed by atoms with Crippen molar-refractivity contribution in [2.45, 2.75) is 19.3 Å². The largest absolute Gasteiger partial charge is 0.307 e. The van der Waals surface area contributed by atoms with Gasteiger partial charge in [0.2, 0.25) is 0 Å². The average Bonchev–Trinajstić information content (AvgIpc) is 3.69. The monoisotopic (exact) mass is 713 g/mol. The third-order valence-corrected chi connectivity index (χ3v) is 12.5. The Morgan fingerprint density at radius 1 is 0.429 bits per heavy atom. The van der Waals surface area contributed by atoms with Crippen LogP contribution < -0.4 is 0 Å². The fraction of sp³-hybridized carbons (Fsp3) is 0.0566. The molecule has 0 unspecified atom stereocenters.